The predicted octanol–water partition coefficient (Wildman–Crippen LogP) is 1.36. The van der Waals surface area contributed by atoms with E-state index in [2.05, 4.69) is 4.84 Å². The minimum Gasteiger partial charge on any atom is -0.287 e. The van der Waals surface area contributed by atoms with Crippen LogP contribution in [0, 0.1) is 12.7 Å². The summed E-state index contributed by atoms with van der Waals surface area (Å²) in [6, 6.07) is 3.44. The van der Waals surface area contributed by atoms with Gasteiger partial charge in [0.1, 0.15) is 5.82 Å². The van der Waals surface area contributed by atoms with Crippen molar-refractivity contribution in [1.29, 1.82) is 0 Å². The van der Waals surface area contributed by atoms with Gasteiger partial charge in [0, 0.05) is 0 Å². The van der Waals surface area contributed by atoms with E-state index in [0.717, 1.165) is 12.1 Å². The molecule has 0 fully saturated rings. The number of benzene rings is 1. The van der Waals surface area contributed by atoms with E-state index in [1.807, 2.05) is 4.89 Å². The summed E-state index contributed by atoms with van der Waals surface area (Å²) in [5.74, 6) is -0.470. The summed E-state index contributed by atoms with van der Waals surface area (Å²) in [5, 5.41) is 0. The van der Waals surface area contributed by atoms with Crippen LogP contribution in [-0.2, 0) is 14.9 Å². The zero-order chi connectivity index (χ0) is 11.5. The highest BCUT2D eigenvalue weighted by Gasteiger charge is 2.16. The summed E-state index contributed by atoms with van der Waals surface area (Å²) in [5.41, 5.74) is 0.335. The van der Waals surface area contributed by atoms with E-state index in [4.69, 9.17) is 0 Å². The molecule has 6 heteroatoms. The molecule has 0 spiro atoms. The highest BCUT2D eigenvalue weighted by Crippen LogP contribution is 2.15. The lowest BCUT2D eigenvalue weighted by atomic mass is 10.2. The maximum absolute atomic E-state index is 12.7. The third kappa shape index (κ3) is 2.98. The molecule has 1 N–H and O–H groups in total. The lowest BCUT2D eigenvalue weighted by Crippen LogP contribution is -2.24. The molecule has 1 rings (SSSR count). The topological polar surface area (TPSA) is 55.4 Å². The highest BCUT2D eigenvalue weighted by atomic mass is 32.2. The Kier molecular flexibility index (Phi) is 3.78. The van der Waals surface area contributed by atoms with Gasteiger partial charge in [-0.05, 0) is 37.6 Å². The van der Waals surface area contributed by atoms with Crippen molar-refractivity contribution in [2.24, 2.45) is 0 Å². The molecule has 0 aliphatic rings. The first-order valence-corrected chi connectivity index (χ1v) is 5.85. The SMILES string of the molecule is CCONS(=O)(=O)c1ccc(F)cc1C. The predicted molar refractivity (Wildman–Crippen MR) is 53.1 cm³/mol. The van der Waals surface area contributed by atoms with Crippen LogP contribution in [0.15, 0.2) is 23.1 Å². The van der Waals surface area contributed by atoms with Crippen molar-refractivity contribution in [3.8, 4) is 0 Å². The van der Waals surface area contributed by atoms with E-state index >= 15 is 0 Å². The monoisotopic (exact) mass is 233 g/mol. The van der Waals surface area contributed by atoms with Gasteiger partial charge < -0.3 is 0 Å². The molecule has 0 amide bonds. The molecule has 1 aromatic carbocycles. The minimum atomic E-state index is -3.71. The highest BCUT2D eigenvalue weighted by molar-refractivity contribution is 7.89. The summed E-state index contributed by atoms with van der Waals surface area (Å²) >= 11 is 0. The normalized spacial score (nSPS) is 11.7. The van der Waals surface area contributed by atoms with Crippen LogP contribution in [0.5, 0.6) is 0 Å². The first kappa shape index (κ1) is 12.1. The van der Waals surface area contributed by atoms with Gasteiger partial charge in [-0.2, -0.15) is 0 Å². The Balaban J connectivity index is 3.05. The van der Waals surface area contributed by atoms with Crippen molar-refractivity contribution in [2.75, 3.05) is 6.61 Å². The summed E-state index contributed by atoms with van der Waals surface area (Å²) in [4.78, 5) is 6.55. The fraction of sp³-hybridized carbons (Fsp3) is 0.333. The molecular weight excluding hydrogens is 221 g/mol. The van der Waals surface area contributed by atoms with Crippen molar-refractivity contribution in [2.45, 2.75) is 18.7 Å². The van der Waals surface area contributed by atoms with Gasteiger partial charge in [-0.25, -0.2) is 12.8 Å². The molecule has 0 heterocycles. The second kappa shape index (κ2) is 4.69. The summed E-state index contributed by atoms with van der Waals surface area (Å²) in [6.07, 6.45) is 0. The largest absolute Gasteiger partial charge is 0.287 e. The van der Waals surface area contributed by atoms with Gasteiger partial charge in [-0.1, -0.05) is 4.89 Å². The lowest BCUT2D eigenvalue weighted by Gasteiger charge is -2.08. The standard InChI is InChI=1S/C9H12FNO3S/c1-3-14-11-15(12,13)9-5-4-8(10)6-7(9)2/h4-6,11H,3H2,1-2H3. The van der Waals surface area contributed by atoms with Crippen molar-refractivity contribution < 1.29 is 17.6 Å². The van der Waals surface area contributed by atoms with E-state index in [-0.39, 0.29) is 11.5 Å². The Morgan fingerprint density at radius 2 is 2.13 bits per heavy atom. The molecule has 1 aromatic rings. The van der Waals surface area contributed by atoms with Crippen molar-refractivity contribution >= 4 is 10.0 Å². The summed E-state index contributed by atoms with van der Waals surface area (Å²) in [6.45, 7) is 3.39. The number of hydrogen-bond donors (Lipinski definition) is 1. The number of sulfonamides is 1. The molecule has 0 saturated heterocycles. The van der Waals surface area contributed by atoms with E-state index in [1.54, 1.807) is 6.92 Å². The molecule has 0 unspecified atom stereocenters. The molecule has 0 atom stereocenters. The molecule has 0 radical (unpaired) electrons. The van der Waals surface area contributed by atoms with Gasteiger partial charge in [0.2, 0.25) is 0 Å². The molecule has 15 heavy (non-hydrogen) atoms. The fourth-order valence-electron chi connectivity index (χ4n) is 1.10. The average Bonchev–Trinajstić information content (AvgIpc) is 2.14. The van der Waals surface area contributed by atoms with Crippen molar-refractivity contribution in [3.05, 3.63) is 29.6 Å². The second-order valence-electron chi connectivity index (χ2n) is 2.93. The molecular formula is C9H12FNO3S. The molecule has 0 aromatic heterocycles. The number of nitrogens with one attached hydrogen (secondary N) is 1. The van der Waals surface area contributed by atoms with E-state index in [1.165, 1.54) is 13.0 Å². The summed E-state index contributed by atoms with van der Waals surface area (Å²) < 4.78 is 35.9. The van der Waals surface area contributed by atoms with Crippen LogP contribution in [0.25, 0.3) is 0 Å². The number of rotatable bonds is 4. The van der Waals surface area contributed by atoms with Crippen LogP contribution in [0.2, 0.25) is 0 Å². The molecule has 84 valence electrons. The lowest BCUT2D eigenvalue weighted by molar-refractivity contribution is 0.105. The van der Waals surface area contributed by atoms with Crippen LogP contribution in [0.1, 0.15) is 12.5 Å². The van der Waals surface area contributed by atoms with Gasteiger partial charge >= 0.3 is 0 Å². The van der Waals surface area contributed by atoms with Crippen LogP contribution in [0.3, 0.4) is 0 Å². The first-order valence-electron chi connectivity index (χ1n) is 4.37. The van der Waals surface area contributed by atoms with Crippen LogP contribution < -0.4 is 4.89 Å². The van der Waals surface area contributed by atoms with Gasteiger partial charge in [0.15, 0.2) is 0 Å². The van der Waals surface area contributed by atoms with E-state index in [0.29, 0.717) is 5.56 Å². The van der Waals surface area contributed by atoms with E-state index < -0.39 is 15.8 Å². The molecule has 0 aliphatic heterocycles. The second-order valence-corrected chi connectivity index (χ2v) is 4.54. The quantitative estimate of drug-likeness (QED) is 0.799. The third-order valence-electron chi connectivity index (χ3n) is 1.74. The molecule has 4 nitrogen and oxygen atoms in total. The Morgan fingerprint density at radius 3 is 2.67 bits per heavy atom. The van der Waals surface area contributed by atoms with Gasteiger partial charge in [-0.15, -0.1) is 0 Å². The molecule has 0 aliphatic carbocycles. The number of halogens is 1. The Hall–Kier alpha value is -0.980. The third-order valence-corrected chi connectivity index (χ3v) is 3.11. The van der Waals surface area contributed by atoms with Crippen LogP contribution >= 0.6 is 0 Å². The Morgan fingerprint density at radius 1 is 1.47 bits per heavy atom. The average molecular weight is 233 g/mol. The summed E-state index contributed by atoms with van der Waals surface area (Å²) in [7, 11) is -3.71. The van der Waals surface area contributed by atoms with Gasteiger partial charge in [0.05, 0.1) is 11.5 Å². The first-order chi connectivity index (χ1) is 6.97. The minimum absolute atomic E-state index is 0.0114. The van der Waals surface area contributed by atoms with Gasteiger partial charge in [0.25, 0.3) is 10.0 Å². The molecule has 0 bridgehead atoms. The van der Waals surface area contributed by atoms with Gasteiger partial charge in [-0.3, -0.25) is 4.84 Å². The maximum Gasteiger partial charge on any atom is 0.262 e. The Labute approximate surface area is 88.1 Å². The van der Waals surface area contributed by atoms with Crippen LogP contribution in [0.4, 0.5) is 4.39 Å². The zero-order valence-corrected chi connectivity index (χ0v) is 9.27. The maximum atomic E-state index is 12.7. The smallest absolute Gasteiger partial charge is 0.262 e. The van der Waals surface area contributed by atoms with Crippen molar-refractivity contribution in [1.82, 2.24) is 4.89 Å². The number of aryl methyl sites for hydroxylation is 1. The van der Waals surface area contributed by atoms with E-state index in [9.17, 15) is 12.8 Å². The number of hydrogen-bond acceptors (Lipinski definition) is 3. The van der Waals surface area contributed by atoms with Crippen LogP contribution in [-0.4, -0.2) is 15.0 Å². The zero-order valence-electron chi connectivity index (χ0n) is 8.45. The fourth-order valence-corrected chi connectivity index (χ4v) is 2.19. The van der Waals surface area contributed by atoms with Crippen molar-refractivity contribution in [3.63, 3.8) is 0 Å². The molecule has 0 saturated carbocycles. The Bertz CT molecular complexity index is 445.